The lowest BCUT2D eigenvalue weighted by Crippen LogP contribution is -2.17. The maximum atomic E-state index is 13.6. The van der Waals surface area contributed by atoms with Crippen LogP contribution in [-0.2, 0) is 0 Å². The molecule has 7 heteroatoms. The first-order chi connectivity index (χ1) is 11.6. The molecule has 118 valence electrons. The number of fused-ring (bicyclic) bond motifs is 3. The molecule has 0 unspecified atom stereocenters. The van der Waals surface area contributed by atoms with Crippen molar-refractivity contribution in [2.75, 3.05) is 0 Å². The summed E-state index contributed by atoms with van der Waals surface area (Å²) in [6.45, 7) is 0. The number of benzene rings is 2. The molecule has 0 bridgehead atoms. The van der Waals surface area contributed by atoms with E-state index in [9.17, 15) is 9.18 Å². The maximum absolute atomic E-state index is 13.6. The highest BCUT2D eigenvalue weighted by Crippen LogP contribution is 2.24. The van der Waals surface area contributed by atoms with E-state index in [2.05, 4.69) is 31.0 Å². The van der Waals surface area contributed by atoms with Crippen molar-refractivity contribution >= 4 is 44.1 Å². The molecule has 1 N–H and O–H groups in total. The van der Waals surface area contributed by atoms with Crippen LogP contribution in [0, 0.1) is 5.82 Å². The highest BCUT2D eigenvalue weighted by Gasteiger charge is 2.10. The summed E-state index contributed by atoms with van der Waals surface area (Å²) in [7, 11) is 0. The van der Waals surface area contributed by atoms with Crippen LogP contribution in [-0.4, -0.2) is 20.9 Å². The van der Waals surface area contributed by atoms with Crippen LogP contribution in [0.25, 0.3) is 21.9 Å². The third-order valence-corrected chi connectivity index (χ3v) is 4.17. The Morgan fingerprint density at radius 2 is 2.08 bits per heavy atom. The zero-order valence-corrected chi connectivity index (χ0v) is 13.8. The monoisotopic (exact) mass is 384 g/mol. The standard InChI is InChI=1S/C17H10BrFN4O/c18-11-5-6-14-12(7-11)15-16(22-14)17(24)23(9-20-15)21-8-10-3-1-2-4-13(10)19/h1-9,22H. The molecule has 5 nitrogen and oxygen atoms in total. The van der Waals surface area contributed by atoms with Crippen LogP contribution in [0.5, 0.6) is 0 Å². The number of nitrogens with zero attached hydrogens (tertiary/aromatic N) is 3. The summed E-state index contributed by atoms with van der Waals surface area (Å²) in [6, 6.07) is 11.9. The second kappa shape index (κ2) is 5.68. The maximum Gasteiger partial charge on any atom is 0.298 e. The molecule has 0 aliphatic rings. The van der Waals surface area contributed by atoms with Gasteiger partial charge in [0.2, 0.25) is 0 Å². The number of aromatic amines is 1. The fourth-order valence-electron chi connectivity index (χ4n) is 2.50. The molecule has 2 aromatic heterocycles. The molecule has 0 aliphatic carbocycles. The fraction of sp³-hybridized carbons (Fsp3) is 0. The average molecular weight is 385 g/mol. The van der Waals surface area contributed by atoms with Crippen LogP contribution in [0.15, 0.2) is 63.2 Å². The van der Waals surface area contributed by atoms with E-state index in [-0.39, 0.29) is 5.56 Å². The Hall–Kier alpha value is -2.80. The van der Waals surface area contributed by atoms with E-state index in [1.807, 2.05) is 18.2 Å². The van der Waals surface area contributed by atoms with Crippen molar-refractivity contribution in [3.8, 4) is 0 Å². The molecule has 0 aliphatic heterocycles. The highest BCUT2D eigenvalue weighted by molar-refractivity contribution is 9.10. The normalized spacial score (nSPS) is 11.8. The van der Waals surface area contributed by atoms with Gasteiger partial charge < -0.3 is 4.98 Å². The quantitative estimate of drug-likeness (QED) is 0.536. The Balaban J connectivity index is 1.86. The largest absolute Gasteiger partial charge is 0.349 e. The zero-order valence-electron chi connectivity index (χ0n) is 12.2. The number of H-pyrrole nitrogens is 1. The topological polar surface area (TPSA) is 63.0 Å². The molecule has 24 heavy (non-hydrogen) atoms. The predicted octanol–water partition coefficient (Wildman–Crippen LogP) is 3.66. The lowest BCUT2D eigenvalue weighted by Gasteiger charge is -1.98. The highest BCUT2D eigenvalue weighted by atomic mass is 79.9. The van der Waals surface area contributed by atoms with Crippen molar-refractivity contribution < 1.29 is 4.39 Å². The smallest absolute Gasteiger partial charge is 0.298 e. The minimum absolute atomic E-state index is 0.296. The van der Waals surface area contributed by atoms with Crippen molar-refractivity contribution in [3.63, 3.8) is 0 Å². The van der Waals surface area contributed by atoms with Gasteiger partial charge in [0.1, 0.15) is 23.2 Å². The molecule has 0 spiro atoms. The second-order valence-electron chi connectivity index (χ2n) is 5.20. The van der Waals surface area contributed by atoms with Crippen molar-refractivity contribution in [1.82, 2.24) is 14.6 Å². The number of halogens is 2. The Morgan fingerprint density at radius 1 is 1.25 bits per heavy atom. The average Bonchev–Trinajstić information content (AvgIpc) is 2.94. The zero-order chi connectivity index (χ0) is 16.7. The number of hydrogen-bond donors (Lipinski definition) is 1. The van der Waals surface area contributed by atoms with Gasteiger partial charge in [-0.15, -0.1) is 0 Å². The summed E-state index contributed by atoms with van der Waals surface area (Å²) < 4.78 is 15.6. The van der Waals surface area contributed by atoms with E-state index in [4.69, 9.17) is 0 Å². The van der Waals surface area contributed by atoms with Crippen molar-refractivity contribution in [1.29, 1.82) is 0 Å². The number of hydrogen-bond acceptors (Lipinski definition) is 3. The third-order valence-electron chi connectivity index (χ3n) is 3.68. The second-order valence-corrected chi connectivity index (χ2v) is 6.11. The summed E-state index contributed by atoms with van der Waals surface area (Å²) >= 11 is 3.41. The lowest BCUT2D eigenvalue weighted by molar-refractivity contribution is 0.625. The summed E-state index contributed by atoms with van der Waals surface area (Å²) in [5, 5.41) is 4.87. The third kappa shape index (κ3) is 2.43. The van der Waals surface area contributed by atoms with Gasteiger partial charge in [-0.25, -0.2) is 9.37 Å². The lowest BCUT2D eigenvalue weighted by atomic mass is 10.2. The van der Waals surface area contributed by atoms with Crippen LogP contribution < -0.4 is 5.56 Å². The molecule has 0 saturated carbocycles. The molecular weight excluding hydrogens is 375 g/mol. The van der Waals surface area contributed by atoms with E-state index in [1.165, 1.54) is 18.6 Å². The Bertz CT molecular complexity index is 1160. The van der Waals surface area contributed by atoms with Gasteiger partial charge in [-0.1, -0.05) is 34.1 Å². The van der Waals surface area contributed by atoms with Crippen LogP contribution in [0.4, 0.5) is 4.39 Å². The first kappa shape index (κ1) is 14.8. The number of rotatable bonds is 2. The van der Waals surface area contributed by atoms with Crippen LogP contribution in [0.3, 0.4) is 0 Å². The van der Waals surface area contributed by atoms with Crippen LogP contribution in [0.1, 0.15) is 5.56 Å². The van der Waals surface area contributed by atoms with Crippen molar-refractivity contribution in [2.45, 2.75) is 0 Å². The molecule has 0 saturated heterocycles. The number of nitrogens with one attached hydrogen (secondary N) is 1. The van der Waals surface area contributed by atoms with Crippen molar-refractivity contribution in [3.05, 3.63) is 75.0 Å². The van der Waals surface area contributed by atoms with Gasteiger partial charge in [-0.3, -0.25) is 4.79 Å². The van der Waals surface area contributed by atoms with E-state index >= 15 is 0 Å². The SMILES string of the molecule is O=c1c2[nH]c3ccc(Br)cc3c2ncn1N=Cc1ccccc1F. The molecule has 4 rings (SSSR count). The molecule has 2 aromatic carbocycles. The summed E-state index contributed by atoms with van der Waals surface area (Å²) in [4.78, 5) is 19.9. The van der Waals surface area contributed by atoms with E-state index in [0.29, 0.717) is 16.6 Å². The Morgan fingerprint density at radius 3 is 2.92 bits per heavy atom. The summed E-state index contributed by atoms with van der Waals surface area (Å²) in [5.41, 5.74) is 1.70. The Kier molecular flexibility index (Phi) is 3.50. The number of aromatic nitrogens is 3. The van der Waals surface area contributed by atoms with Crippen LogP contribution >= 0.6 is 15.9 Å². The van der Waals surface area contributed by atoms with E-state index in [1.54, 1.807) is 18.2 Å². The van der Waals surface area contributed by atoms with Gasteiger partial charge in [0.15, 0.2) is 0 Å². The first-order valence-electron chi connectivity index (χ1n) is 7.11. The minimum atomic E-state index is -0.404. The van der Waals surface area contributed by atoms with Gasteiger partial charge in [0.25, 0.3) is 5.56 Å². The predicted molar refractivity (Wildman–Crippen MR) is 95.0 cm³/mol. The molecule has 0 radical (unpaired) electrons. The minimum Gasteiger partial charge on any atom is -0.349 e. The van der Waals surface area contributed by atoms with E-state index < -0.39 is 5.82 Å². The fourth-order valence-corrected chi connectivity index (χ4v) is 2.87. The molecule has 0 atom stereocenters. The van der Waals surface area contributed by atoms with E-state index in [0.717, 1.165) is 20.1 Å². The van der Waals surface area contributed by atoms with Crippen molar-refractivity contribution in [2.24, 2.45) is 5.10 Å². The molecule has 0 amide bonds. The van der Waals surface area contributed by atoms with Crippen LogP contribution in [0.2, 0.25) is 0 Å². The summed E-state index contributed by atoms with van der Waals surface area (Å²) in [6.07, 6.45) is 2.62. The first-order valence-corrected chi connectivity index (χ1v) is 7.90. The molecular formula is C17H10BrFN4O. The molecule has 4 aromatic rings. The molecule has 0 fully saturated rings. The van der Waals surface area contributed by atoms with Gasteiger partial charge in [0.05, 0.1) is 6.21 Å². The molecule has 2 heterocycles. The Labute approximate surface area is 143 Å². The summed E-state index contributed by atoms with van der Waals surface area (Å²) in [5.74, 6) is -0.404. The van der Waals surface area contributed by atoms with Gasteiger partial charge >= 0.3 is 0 Å². The van der Waals surface area contributed by atoms with Gasteiger partial charge in [-0.2, -0.15) is 9.78 Å². The van der Waals surface area contributed by atoms with Gasteiger partial charge in [0, 0.05) is 20.9 Å². The van der Waals surface area contributed by atoms with Gasteiger partial charge in [-0.05, 0) is 24.3 Å².